The summed E-state index contributed by atoms with van der Waals surface area (Å²) in [6.45, 7) is 10.6. The van der Waals surface area contributed by atoms with Crippen LogP contribution in [0.5, 0.6) is 0 Å². The average molecular weight is 933 g/mol. The quantitative estimate of drug-likeness (QED) is 0.0328. The third-order valence-corrected chi connectivity index (χ3v) is 14.1. The summed E-state index contributed by atoms with van der Waals surface area (Å²) >= 11 is 0. The van der Waals surface area contributed by atoms with Crippen LogP contribution in [0.15, 0.2) is 126 Å². The van der Waals surface area contributed by atoms with Gasteiger partial charge in [-0.2, -0.15) is 13.2 Å². The summed E-state index contributed by atoms with van der Waals surface area (Å²) in [6.07, 6.45) is -0.186. The van der Waals surface area contributed by atoms with Gasteiger partial charge in [0.15, 0.2) is 0 Å². The average Bonchev–Trinajstić information content (AvgIpc) is 3.29. The number of sulfonamides is 1. The van der Waals surface area contributed by atoms with E-state index in [0.29, 0.717) is 29.0 Å². The number of nitrogens with one attached hydrogen (secondary N) is 5. The minimum atomic E-state index is -4.32. The van der Waals surface area contributed by atoms with Gasteiger partial charge in [-0.3, -0.25) is 4.79 Å². The molecule has 2 unspecified atom stereocenters. The van der Waals surface area contributed by atoms with E-state index in [1.54, 1.807) is 19.1 Å². The Bertz CT molecular complexity index is 2780. The lowest BCUT2D eigenvalue weighted by Crippen LogP contribution is -2.42. The predicted molar refractivity (Wildman–Crippen MR) is 265 cm³/mol. The molecule has 1 fully saturated rings. The minimum Gasteiger partial charge on any atom is -0.460 e. The van der Waals surface area contributed by atoms with Gasteiger partial charge in [-0.15, -0.1) is 0 Å². The van der Waals surface area contributed by atoms with Crippen LogP contribution in [0.2, 0.25) is 0 Å². The summed E-state index contributed by atoms with van der Waals surface area (Å²) in [5.41, 5.74) is 8.29. The molecule has 2 atom stereocenters. The van der Waals surface area contributed by atoms with Crippen molar-refractivity contribution in [2.45, 2.75) is 103 Å². The van der Waals surface area contributed by atoms with Crippen LogP contribution in [-0.4, -0.2) is 45.8 Å². The van der Waals surface area contributed by atoms with E-state index in [9.17, 15) is 26.4 Å². The zero-order valence-electron chi connectivity index (χ0n) is 39.0. The normalized spacial score (nSPS) is 15.5. The smallest absolute Gasteiger partial charge is 0.401 e. The van der Waals surface area contributed by atoms with Crippen LogP contribution in [0.25, 0.3) is 10.8 Å². The molecule has 9 nitrogen and oxygen atoms in total. The number of aryl methyl sites for hydroxylation is 2. The van der Waals surface area contributed by atoms with E-state index in [4.69, 9.17) is 4.74 Å². The van der Waals surface area contributed by atoms with Crippen LogP contribution >= 0.6 is 0 Å². The first-order chi connectivity index (χ1) is 31.9. The number of ether oxygens (including phenoxy) is 1. The van der Waals surface area contributed by atoms with Crippen molar-refractivity contribution in [2.24, 2.45) is 5.41 Å². The fourth-order valence-corrected chi connectivity index (χ4v) is 9.75. The Morgan fingerprint density at radius 1 is 0.731 bits per heavy atom. The maximum atomic E-state index is 13.3. The van der Waals surface area contributed by atoms with Crippen molar-refractivity contribution in [3.05, 3.63) is 161 Å². The van der Waals surface area contributed by atoms with E-state index < -0.39 is 28.2 Å². The van der Waals surface area contributed by atoms with Gasteiger partial charge in [0.05, 0.1) is 52.0 Å². The fourth-order valence-electron chi connectivity index (χ4n) is 8.47. The number of carbonyl (C=O) groups is 1. The van der Waals surface area contributed by atoms with Crippen LogP contribution in [0, 0.1) is 25.2 Å². The van der Waals surface area contributed by atoms with Gasteiger partial charge >= 0.3 is 12.1 Å². The Balaban J connectivity index is 1.24. The zero-order chi connectivity index (χ0) is 47.9. The number of rotatable bonds is 18. The van der Waals surface area contributed by atoms with Gasteiger partial charge in [0.2, 0.25) is 10.0 Å². The van der Waals surface area contributed by atoms with Gasteiger partial charge in [0.25, 0.3) is 0 Å². The lowest BCUT2D eigenvalue weighted by atomic mass is 9.82. The van der Waals surface area contributed by atoms with Gasteiger partial charge in [-0.05, 0) is 156 Å². The van der Waals surface area contributed by atoms with E-state index in [1.165, 1.54) is 0 Å². The molecule has 0 saturated heterocycles. The molecule has 6 aromatic carbocycles. The van der Waals surface area contributed by atoms with Crippen LogP contribution in [-0.2, 0) is 26.1 Å². The lowest BCUT2D eigenvalue weighted by molar-refractivity contribution is -0.161. The predicted octanol–water partition coefficient (Wildman–Crippen LogP) is 12.6. The molecule has 5 N–H and O–H groups in total. The molecule has 0 aromatic heterocycles. The number of anilines is 5. The number of fused-ring (bicyclic) bond motifs is 1. The first kappa shape index (κ1) is 48.9. The lowest BCUT2D eigenvalue weighted by Gasteiger charge is -2.35. The van der Waals surface area contributed by atoms with Crippen molar-refractivity contribution in [3.8, 4) is 0 Å². The number of hydrogen-bond donors (Lipinski definition) is 5. The molecule has 1 saturated carbocycles. The van der Waals surface area contributed by atoms with E-state index in [-0.39, 0.29) is 36.1 Å². The van der Waals surface area contributed by atoms with Crippen molar-refractivity contribution in [2.75, 3.05) is 29.0 Å². The van der Waals surface area contributed by atoms with Gasteiger partial charge in [-0.25, -0.2) is 13.1 Å². The Labute approximate surface area is 393 Å². The molecule has 0 radical (unpaired) electrons. The second kappa shape index (κ2) is 20.9. The molecule has 6 aromatic rings. The van der Waals surface area contributed by atoms with Gasteiger partial charge in [0, 0.05) is 40.9 Å². The SMILES string of the molecule is CCNS(=O)(=O)c1cc(C)ccc1Nc1ccc([C+](c2ccc(Nc3ccc(C)cc3CNCC(F)(F)F)cc2)c2ccc(NC3CCCCC3OC(=O)C(C)(C)CC)c3ccccc23)cc1. The highest BCUT2D eigenvalue weighted by atomic mass is 32.2. The van der Waals surface area contributed by atoms with Crippen LogP contribution in [0.4, 0.5) is 41.6 Å². The molecule has 352 valence electrons. The Morgan fingerprint density at radius 3 is 1.94 bits per heavy atom. The third kappa shape index (κ3) is 12.1. The molecule has 0 amide bonds. The number of hydrogen-bond acceptors (Lipinski definition) is 8. The Morgan fingerprint density at radius 2 is 1.31 bits per heavy atom. The molecular weight excluding hydrogens is 872 g/mol. The second-order valence-corrected chi connectivity index (χ2v) is 19.8. The number of carbonyl (C=O) groups excluding carboxylic acids is 1. The van der Waals surface area contributed by atoms with Crippen molar-refractivity contribution >= 4 is 55.2 Å². The zero-order valence-corrected chi connectivity index (χ0v) is 39.9. The van der Waals surface area contributed by atoms with Gasteiger partial charge in [0.1, 0.15) is 11.0 Å². The number of alkyl halides is 3. The molecule has 1 aliphatic carbocycles. The Hall–Kier alpha value is -6.02. The molecule has 0 aliphatic heterocycles. The van der Waals surface area contributed by atoms with Crippen LogP contribution in [0.3, 0.4) is 0 Å². The number of halogens is 3. The van der Waals surface area contributed by atoms with Crippen molar-refractivity contribution in [3.63, 3.8) is 0 Å². The molecule has 0 spiro atoms. The maximum absolute atomic E-state index is 13.3. The van der Waals surface area contributed by atoms with Crippen molar-refractivity contribution in [1.82, 2.24) is 10.0 Å². The van der Waals surface area contributed by atoms with Gasteiger partial charge in [-0.1, -0.05) is 56.2 Å². The summed E-state index contributed by atoms with van der Waals surface area (Å²) in [7, 11) is -3.76. The first-order valence-electron chi connectivity index (χ1n) is 23.0. The molecule has 13 heteroatoms. The van der Waals surface area contributed by atoms with Crippen molar-refractivity contribution in [1.29, 1.82) is 0 Å². The maximum Gasteiger partial charge on any atom is 0.401 e. The molecule has 67 heavy (non-hydrogen) atoms. The molecular formula is C54H61F3N5O4S+. The summed E-state index contributed by atoms with van der Waals surface area (Å²) in [6, 6.07) is 39.3. The monoisotopic (exact) mass is 932 g/mol. The summed E-state index contributed by atoms with van der Waals surface area (Å²) in [5, 5.41) is 15.1. The number of esters is 1. The number of benzene rings is 6. The van der Waals surface area contributed by atoms with E-state index >= 15 is 0 Å². The molecule has 0 bridgehead atoms. The van der Waals surface area contributed by atoms with E-state index in [2.05, 4.69) is 50.3 Å². The van der Waals surface area contributed by atoms with Crippen molar-refractivity contribution < 1.29 is 31.1 Å². The highest BCUT2D eigenvalue weighted by Gasteiger charge is 2.35. The van der Waals surface area contributed by atoms with E-state index in [0.717, 1.165) is 81.6 Å². The molecule has 1 aliphatic rings. The summed E-state index contributed by atoms with van der Waals surface area (Å²) < 4.78 is 74.2. The topological polar surface area (TPSA) is 121 Å². The standard InChI is InChI=1S/C54H61F3N5O4S/c1-7-53(5,6)52(63)66-49-16-12-11-15-47(49)62-46-30-27-44(42-13-9-10-14-43(42)46)51(38-21-25-41(26-22-38)61-48-29-18-36(4)32-50(48)67(64,65)59-8-2)37-19-23-40(24-20-37)60-45-28-17-35(3)31-39(45)33-58-34-54(55,56)57/h9-10,13-14,17-32,47,49,58-62H,7-8,11-12,15-16,33-34H2,1-6H3/q+1. The second-order valence-electron chi connectivity index (χ2n) is 18.1. The first-order valence-corrected chi connectivity index (χ1v) is 24.5. The highest BCUT2D eigenvalue weighted by molar-refractivity contribution is 7.89. The Kier molecular flexibility index (Phi) is 15.2. The van der Waals surface area contributed by atoms with Gasteiger partial charge < -0.3 is 26.0 Å². The summed E-state index contributed by atoms with van der Waals surface area (Å²) in [4.78, 5) is 13.4. The minimum absolute atomic E-state index is 0.0442. The largest absolute Gasteiger partial charge is 0.460 e. The van der Waals surface area contributed by atoms with Crippen LogP contribution in [0.1, 0.15) is 93.2 Å². The summed E-state index contributed by atoms with van der Waals surface area (Å²) in [5.74, 6) is 0.774. The molecule has 7 rings (SSSR count). The van der Waals surface area contributed by atoms with Crippen LogP contribution < -0.4 is 26.0 Å². The molecule has 0 heterocycles. The third-order valence-electron chi connectivity index (χ3n) is 12.5. The fraction of sp³-hybridized carbons (Fsp3) is 0.333. The highest BCUT2D eigenvalue weighted by Crippen LogP contribution is 2.40. The van der Waals surface area contributed by atoms with E-state index in [1.807, 2.05) is 120 Å².